The summed E-state index contributed by atoms with van der Waals surface area (Å²) < 4.78 is 19.1. The maximum atomic E-state index is 13.4. The van der Waals surface area contributed by atoms with E-state index in [2.05, 4.69) is 6.92 Å². The van der Waals surface area contributed by atoms with Gasteiger partial charge in [-0.2, -0.15) is 0 Å². The topological polar surface area (TPSA) is 9.23 Å². The van der Waals surface area contributed by atoms with Crippen LogP contribution in [-0.4, -0.2) is 6.61 Å². The smallest absolute Gasteiger partial charge is 0.126 e. The third-order valence-electron chi connectivity index (χ3n) is 3.07. The molecular formula is C13H17FO. The first-order chi connectivity index (χ1) is 7.16. The van der Waals surface area contributed by atoms with Gasteiger partial charge in [0.2, 0.25) is 0 Å². The van der Waals surface area contributed by atoms with Gasteiger partial charge in [-0.25, -0.2) is 4.39 Å². The van der Waals surface area contributed by atoms with Crippen LogP contribution in [0.4, 0.5) is 4.39 Å². The van der Waals surface area contributed by atoms with Crippen molar-refractivity contribution in [1.29, 1.82) is 0 Å². The van der Waals surface area contributed by atoms with E-state index in [1.165, 1.54) is 6.42 Å². The summed E-state index contributed by atoms with van der Waals surface area (Å²) in [4.78, 5) is 0. The highest BCUT2D eigenvalue weighted by atomic mass is 19.1. The Kier molecular flexibility index (Phi) is 3.06. The fourth-order valence-electron chi connectivity index (χ4n) is 1.96. The van der Waals surface area contributed by atoms with E-state index in [9.17, 15) is 4.39 Å². The quantitative estimate of drug-likeness (QED) is 0.685. The largest absolute Gasteiger partial charge is 0.373 e. The van der Waals surface area contributed by atoms with Crippen LogP contribution in [0, 0.1) is 18.7 Å². The fourth-order valence-corrected chi connectivity index (χ4v) is 1.96. The molecule has 0 spiro atoms. The number of aryl methyl sites for hydroxylation is 1. The second-order valence-electron chi connectivity index (χ2n) is 4.51. The lowest BCUT2D eigenvalue weighted by Gasteiger charge is -2.27. The van der Waals surface area contributed by atoms with Crippen LogP contribution < -0.4 is 0 Å². The first-order valence-electron chi connectivity index (χ1n) is 5.54. The van der Waals surface area contributed by atoms with Crippen molar-refractivity contribution >= 4 is 0 Å². The number of ether oxygens (including phenoxy) is 1. The third-order valence-corrected chi connectivity index (χ3v) is 3.07. The van der Waals surface area contributed by atoms with E-state index >= 15 is 0 Å². The van der Waals surface area contributed by atoms with Gasteiger partial charge in [0.15, 0.2) is 0 Å². The van der Waals surface area contributed by atoms with Crippen LogP contribution in [0.15, 0.2) is 18.2 Å². The van der Waals surface area contributed by atoms with Gasteiger partial charge in [0.25, 0.3) is 0 Å². The summed E-state index contributed by atoms with van der Waals surface area (Å²) in [5.74, 6) is 0.506. The minimum absolute atomic E-state index is 0.0938. The third kappa shape index (κ3) is 2.37. The molecule has 0 N–H and O–H groups in total. The second-order valence-corrected chi connectivity index (χ2v) is 4.51. The van der Waals surface area contributed by atoms with Gasteiger partial charge in [0.05, 0.1) is 6.10 Å². The van der Waals surface area contributed by atoms with Crippen molar-refractivity contribution in [2.75, 3.05) is 6.61 Å². The van der Waals surface area contributed by atoms with Crippen molar-refractivity contribution in [3.8, 4) is 0 Å². The van der Waals surface area contributed by atoms with E-state index in [1.807, 2.05) is 12.1 Å². The maximum absolute atomic E-state index is 13.4. The zero-order chi connectivity index (χ0) is 10.8. The Balaban J connectivity index is 2.12. The highest BCUT2D eigenvalue weighted by Crippen LogP contribution is 2.30. The van der Waals surface area contributed by atoms with E-state index in [1.54, 1.807) is 13.0 Å². The van der Waals surface area contributed by atoms with Crippen molar-refractivity contribution in [2.45, 2.75) is 32.8 Å². The Bertz CT molecular complexity index is 340. The fraction of sp³-hybridized carbons (Fsp3) is 0.538. The lowest BCUT2D eigenvalue weighted by molar-refractivity contribution is -0.0125. The summed E-state index contributed by atoms with van der Waals surface area (Å²) in [5.41, 5.74) is 1.67. The summed E-state index contributed by atoms with van der Waals surface area (Å²) in [5, 5.41) is 0. The Hall–Kier alpha value is -0.890. The van der Waals surface area contributed by atoms with Gasteiger partial charge in [0.1, 0.15) is 5.82 Å². The van der Waals surface area contributed by atoms with Gasteiger partial charge in [-0.05, 0) is 42.9 Å². The first-order valence-corrected chi connectivity index (χ1v) is 5.54. The highest BCUT2D eigenvalue weighted by molar-refractivity contribution is 5.25. The first kappa shape index (κ1) is 10.6. The molecule has 0 bridgehead atoms. The Labute approximate surface area is 90.3 Å². The van der Waals surface area contributed by atoms with Crippen LogP contribution in [0.1, 0.15) is 37.0 Å². The molecular weight excluding hydrogens is 191 g/mol. The van der Waals surface area contributed by atoms with E-state index in [0.717, 1.165) is 18.6 Å². The highest BCUT2D eigenvalue weighted by Gasteiger charge is 2.20. The molecule has 0 aliphatic carbocycles. The molecule has 2 heteroatoms. The normalized spacial score (nSPS) is 26.6. The summed E-state index contributed by atoms with van der Waals surface area (Å²) in [6.07, 6.45) is 2.26. The van der Waals surface area contributed by atoms with Crippen LogP contribution in [0.2, 0.25) is 0 Å². The molecule has 0 amide bonds. The SMILES string of the molecule is Cc1ccc(C2CCC(C)CO2)cc1F. The minimum atomic E-state index is -0.130. The molecule has 2 unspecified atom stereocenters. The van der Waals surface area contributed by atoms with Crippen LogP contribution in [-0.2, 0) is 4.74 Å². The number of hydrogen-bond donors (Lipinski definition) is 0. The Morgan fingerprint density at radius 1 is 1.33 bits per heavy atom. The van der Waals surface area contributed by atoms with Gasteiger partial charge in [-0.3, -0.25) is 0 Å². The molecule has 2 atom stereocenters. The minimum Gasteiger partial charge on any atom is -0.373 e. The molecule has 1 aliphatic rings. The van der Waals surface area contributed by atoms with Gasteiger partial charge in [-0.15, -0.1) is 0 Å². The van der Waals surface area contributed by atoms with Crippen LogP contribution >= 0.6 is 0 Å². The number of halogens is 1. The van der Waals surface area contributed by atoms with Crippen LogP contribution in [0.3, 0.4) is 0 Å². The molecule has 0 saturated carbocycles. The van der Waals surface area contributed by atoms with Crippen LogP contribution in [0.5, 0.6) is 0 Å². The van der Waals surface area contributed by atoms with Crippen molar-refractivity contribution in [3.63, 3.8) is 0 Å². The summed E-state index contributed by atoms with van der Waals surface area (Å²) >= 11 is 0. The zero-order valence-corrected chi connectivity index (χ0v) is 9.29. The van der Waals surface area contributed by atoms with Crippen molar-refractivity contribution < 1.29 is 9.13 Å². The molecule has 0 radical (unpaired) electrons. The summed E-state index contributed by atoms with van der Waals surface area (Å²) in [6, 6.07) is 5.40. The molecule has 1 aromatic carbocycles. The summed E-state index contributed by atoms with van der Waals surface area (Å²) in [6.45, 7) is 4.76. The molecule has 1 nitrogen and oxygen atoms in total. The molecule has 15 heavy (non-hydrogen) atoms. The lowest BCUT2D eigenvalue weighted by Crippen LogP contribution is -2.18. The number of benzene rings is 1. The Morgan fingerprint density at radius 2 is 2.13 bits per heavy atom. The summed E-state index contributed by atoms with van der Waals surface area (Å²) in [7, 11) is 0. The predicted molar refractivity (Wildman–Crippen MR) is 58.2 cm³/mol. The maximum Gasteiger partial charge on any atom is 0.126 e. The standard InChI is InChI=1S/C13H17FO/c1-9-3-6-13(15-8-9)11-5-4-10(2)12(14)7-11/h4-5,7,9,13H,3,6,8H2,1-2H3. The van der Waals surface area contributed by atoms with Crippen molar-refractivity contribution in [1.82, 2.24) is 0 Å². The molecule has 1 heterocycles. The average molecular weight is 208 g/mol. The van der Waals surface area contributed by atoms with E-state index in [-0.39, 0.29) is 11.9 Å². The molecule has 2 rings (SSSR count). The molecule has 82 valence electrons. The average Bonchev–Trinajstić information content (AvgIpc) is 2.23. The molecule has 0 aromatic heterocycles. The number of hydrogen-bond acceptors (Lipinski definition) is 1. The van der Waals surface area contributed by atoms with Gasteiger partial charge >= 0.3 is 0 Å². The molecule has 1 aromatic rings. The van der Waals surface area contributed by atoms with Gasteiger partial charge in [-0.1, -0.05) is 19.1 Å². The number of rotatable bonds is 1. The lowest BCUT2D eigenvalue weighted by atomic mass is 9.95. The van der Waals surface area contributed by atoms with Crippen molar-refractivity contribution in [2.24, 2.45) is 5.92 Å². The van der Waals surface area contributed by atoms with Gasteiger partial charge in [0, 0.05) is 6.61 Å². The monoisotopic (exact) mass is 208 g/mol. The van der Waals surface area contributed by atoms with E-state index in [0.29, 0.717) is 11.5 Å². The molecule has 1 saturated heterocycles. The molecule has 1 fully saturated rings. The Morgan fingerprint density at radius 3 is 2.73 bits per heavy atom. The van der Waals surface area contributed by atoms with E-state index in [4.69, 9.17) is 4.74 Å². The van der Waals surface area contributed by atoms with Crippen LogP contribution in [0.25, 0.3) is 0 Å². The van der Waals surface area contributed by atoms with Crippen molar-refractivity contribution in [3.05, 3.63) is 35.1 Å². The molecule has 1 aliphatic heterocycles. The predicted octanol–water partition coefficient (Wildman–Crippen LogP) is 3.62. The van der Waals surface area contributed by atoms with E-state index < -0.39 is 0 Å². The van der Waals surface area contributed by atoms with Gasteiger partial charge < -0.3 is 4.74 Å². The second kappa shape index (κ2) is 4.31. The zero-order valence-electron chi connectivity index (χ0n) is 9.29.